The molecule has 0 radical (unpaired) electrons. The van der Waals surface area contributed by atoms with Crippen LogP contribution in [0.2, 0.25) is 0 Å². The standard InChI is InChI=1S/C22H21N5O5S2/c1-23-17(28)8-12-9-33-21(24-12)27-20(30)13-3-2-4-16-18(13)25-22(34-16)26-19(29)11-5-6-14-15(7-11)32-10-31-14/h5-7,9,13H,2-4,8,10H2,1H3,(H,23,28)(H,24,27,30)(H,25,26,29). The van der Waals surface area contributed by atoms with Gasteiger partial charge in [0.25, 0.3) is 5.91 Å². The lowest BCUT2D eigenvalue weighted by Gasteiger charge is -2.19. The number of carbonyl (C=O) groups is 3. The first-order valence-electron chi connectivity index (χ1n) is 10.7. The third-order valence-corrected chi connectivity index (χ3v) is 7.38. The van der Waals surface area contributed by atoms with Gasteiger partial charge in [-0.3, -0.25) is 19.7 Å². The molecular formula is C22H21N5O5S2. The van der Waals surface area contributed by atoms with Crippen molar-refractivity contribution in [1.29, 1.82) is 0 Å². The summed E-state index contributed by atoms with van der Waals surface area (Å²) in [5.74, 6) is 0.0672. The molecule has 2 aliphatic rings. The van der Waals surface area contributed by atoms with Crippen molar-refractivity contribution in [3.8, 4) is 11.5 Å². The van der Waals surface area contributed by atoms with Gasteiger partial charge in [0.1, 0.15) is 0 Å². The molecule has 10 nitrogen and oxygen atoms in total. The molecule has 1 unspecified atom stereocenters. The maximum Gasteiger partial charge on any atom is 0.257 e. The molecule has 0 saturated heterocycles. The molecule has 3 N–H and O–H groups in total. The van der Waals surface area contributed by atoms with Gasteiger partial charge < -0.3 is 20.1 Å². The van der Waals surface area contributed by atoms with Gasteiger partial charge in [0.15, 0.2) is 21.8 Å². The number of hydrogen-bond donors (Lipinski definition) is 3. The van der Waals surface area contributed by atoms with E-state index in [0.29, 0.717) is 45.1 Å². The molecular weight excluding hydrogens is 478 g/mol. The van der Waals surface area contributed by atoms with Gasteiger partial charge in [-0.2, -0.15) is 0 Å². The van der Waals surface area contributed by atoms with E-state index in [9.17, 15) is 14.4 Å². The minimum Gasteiger partial charge on any atom is -0.454 e. The minimum atomic E-state index is -0.428. The van der Waals surface area contributed by atoms with Crippen molar-refractivity contribution in [2.24, 2.45) is 0 Å². The lowest BCUT2D eigenvalue weighted by Crippen LogP contribution is -2.24. The summed E-state index contributed by atoms with van der Waals surface area (Å²) in [5, 5.41) is 10.9. The Balaban J connectivity index is 1.27. The third kappa shape index (κ3) is 4.59. The summed E-state index contributed by atoms with van der Waals surface area (Å²) in [5.41, 5.74) is 1.73. The number of nitrogens with one attached hydrogen (secondary N) is 3. The number of carbonyl (C=O) groups excluding carboxylic acids is 3. The lowest BCUT2D eigenvalue weighted by molar-refractivity contribution is -0.120. The van der Waals surface area contributed by atoms with Gasteiger partial charge in [-0.15, -0.1) is 22.7 Å². The molecule has 3 amide bonds. The van der Waals surface area contributed by atoms with Crippen molar-refractivity contribution in [1.82, 2.24) is 15.3 Å². The molecule has 34 heavy (non-hydrogen) atoms. The number of rotatable bonds is 6. The molecule has 176 valence electrons. The smallest absolute Gasteiger partial charge is 0.257 e. The van der Waals surface area contributed by atoms with Crippen LogP contribution in [0.3, 0.4) is 0 Å². The van der Waals surface area contributed by atoms with Crippen molar-refractivity contribution < 1.29 is 23.9 Å². The van der Waals surface area contributed by atoms with Gasteiger partial charge in [-0.1, -0.05) is 0 Å². The van der Waals surface area contributed by atoms with E-state index in [1.54, 1.807) is 30.6 Å². The highest BCUT2D eigenvalue weighted by Gasteiger charge is 2.31. The summed E-state index contributed by atoms with van der Waals surface area (Å²) in [6.07, 6.45) is 2.48. The molecule has 12 heteroatoms. The molecule has 1 aromatic carbocycles. The van der Waals surface area contributed by atoms with E-state index in [0.717, 1.165) is 17.7 Å². The summed E-state index contributed by atoms with van der Waals surface area (Å²) in [6, 6.07) is 5.00. The maximum absolute atomic E-state index is 13.0. The van der Waals surface area contributed by atoms with Crippen LogP contribution in [0, 0.1) is 0 Å². The Morgan fingerprint density at radius 1 is 1.12 bits per heavy atom. The van der Waals surface area contributed by atoms with Crippen molar-refractivity contribution in [3.05, 3.63) is 45.4 Å². The van der Waals surface area contributed by atoms with Crippen LogP contribution in [0.15, 0.2) is 23.6 Å². The van der Waals surface area contributed by atoms with Crippen molar-refractivity contribution in [3.63, 3.8) is 0 Å². The van der Waals surface area contributed by atoms with Crippen molar-refractivity contribution in [2.75, 3.05) is 24.5 Å². The molecule has 0 fully saturated rings. The fourth-order valence-electron chi connectivity index (χ4n) is 3.83. The van der Waals surface area contributed by atoms with E-state index < -0.39 is 5.92 Å². The summed E-state index contributed by atoms with van der Waals surface area (Å²) in [7, 11) is 1.57. The number of anilines is 2. The van der Waals surface area contributed by atoms with Crippen LogP contribution in [0.4, 0.5) is 10.3 Å². The summed E-state index contributed by atoms with van der Waals surface area (Å²) in [6.45, 7) is 0.138. The van der Waals surface area contributed by atoms with Gasteiger partial charge in [0.05, 0.1) is 23.7 Å². The number of hydrogen-bond acceptors (Lipinski definition) is 9. The van der Waals surface area contributed by atoms with Gasteiger partial charge in [-0.25, -0.2) is 9.97 Å². The Labute approximate surface area is 202 Å². The molecule has 1 aliphatic carbocycles. The van der Waals surface area contributed by atoms with Crippen molar-refractivity contribution in [2.45, 2.75) is 31.6 Å². The number of nitrogens with zero attached hydrogens (tertiary/aromatic N) is 2. The minimum absolute atomic E-state index is 0.138. The highest BCUT2D eigenvalue weighted by atomic mass is 32.1. The number of likely N-dealkylation sites (N-methyl/N-ethyl adjacent to an activating group) is 1. The zero-order valence-corrected chi connectivity index (χ0v) is 19.8. The summed E-state index contributed by atoms with van der Waals surface area (Å²) >= 11 is 2.67. The highest BCUT2D eigenvalue weighted by Crippen LogP contribution is 2.38. The average Bonchev–Trinajstić information content (AvgIpc) is 3.57. The van der Waals surface area contributed by atoms with Crippen LogP contribution in [0.5, 0.6) is 11.5 Å². The zero-order chi connectivity index (χ0) is 23.7. The number of fused-ring (bicyclic) bond motifs is 2. The van der Waals surface area contributed by atoms with E-state index in [4.69, 9.17) is 9.47 Å². The van der Waals surface area contributed by atoms with Crippen LogP contribution >= 0.6 is 22.7 Å². The predicted octanol–water partition coefficient (Wildman–Crippen LogP) is 2.93. The van der Waals surface area contributed by atoms with Gasteiger partial charge in [-0.05, 0) is 37.5 Å². The SMILES string of the molecule is CNC(=O)Cc1csc(NC(=O)C2CCCc3sc(NC(=O)c4ccc5c(c4)OCO5)nc32)n1. The van der Waals surface area contributed by atoms with Crippen LogP contribution in [0.1, 0.15) is 45.4 Å². The Kier molecular flexibility index (Phi) is 6.16. The van der Waals surface area contributed by atoms with E-state index in [2.05, 4.69) is 25.9 Å². The molecule has 0 bridgehead atoms. The molecule has 0 saturated carbocycles. The number of benzene rings is 1. The lowest BCUT2D eigenvalue weighted by atomic mass is 9.90. The fourth-order valence-corrected chi connectivity index (χ4v) is 5.60. The number of thiazole rings is 2. The predicted molar refractivity (Wildman–Crippen MR) is 127 cm³/mol. The Bertz CT molecular complexity index is 1270. The second-order valence-electron chi connectivity index (χ2n) is 7.78. The topological polar surface area (TPSA) is 132 Å². The molecule has 3 heterocycles. The fraction of sp³-hybridized carbons (Fsp3) is 0.318. The average molecular weight is 500 g/mol. The Morgan fingerprint density at radius 3 is 2.82 bits per heavy atom. The van der Waals surface area contributed by atoms with Gasteiger partial charge in [0.2, 0.25) is 18.6 Å². The van der Waals surface area contributed by atoms with E-state index in [-0.39, 0.29) is 30.9 Å². The largest absolute Gasteiger partial charge is 0.454 e. The molecule has 5 rings (SSSR count). The Morgan fingerprint density at radius 2 is 1.97 bits per heavy atom. The summed E-state index contributed by atoms with van der Waals surface area (Å²) in [4.78, 5) is 47.2. The van der Waals surface area contributed by atoms with Crippen molar-refractivity contribution >= 4 is 50.7 Å². The molecule has 1 atom stereocenters. The molecule has 0 spiro atoms. The second kappa shape index (κ2) is 9.39. The van der Waals surface area contributed by atoms with Gasteiger partial charge >= 0.3 is 0 Å². The molecule has 2 aromatic heterocycles. The number of amides is 3. The van der Waals surface area contributed by atoms with Crippen LogP contribution < -0.4 is 25.4 Å². The quantitative estimate of drug-likeness (QED) is 0.475. The third-order valence-electron chi connectivity index (χ3n) is 5.53. The first-order chi connectivity index (χ1) is 16.5. The van der Waals surface area contributed by atoms with Crippen LogP contribution in [0.25, 0.3) is 0 Å². The zero-order valence-electron chi connectivity index (χ0n) is 18.2. The van der Waals surface area contributed by atoms with Crippen LogP contribution in [-0.2, 0) is 22.4 Å². The highest BCUT2D eigenvalue weighted by molar-refractivity contribution is 7.16. The normalized spacial score (nSPS) is 16.0. The number of aryl methyl sites for hydroxylation is 1. The van der Waals surface area contributed by atoms with Crippen LogP contribution in [-0.4, -0.2) is 41.5 Å². The number of ether oxygens (including phenoxy) is 2. The number of aromatic nitrogens is 2. The van der Waals surface area contributed by atoms with E-state index in [1.807, 2.05) is 0 Å². The Hall–Kier alpha value is -3.51. The summed E-state index contributed by atoms with van der Waals surface area (Å²) < 4.78 is 10.6. The van der Waals surface area contributed by atoms with Gasteiger partial charge in [0, 0.05) is 22.9 Å². The first kappa shape index (κ1) is 22.3. The molecule has 1 aliphatic heterocycles. The maximum atomic E-state index is 13.0. The second-order valence-corrected chi connectivity index (χ2v) is 9.72. The molecule has 3 aromatic rings. The monoisotopic (exact) mass is 499 g/mol. The van der Waals surface area contributed by atoms with E-state index >= 15 is 0 Å². The first-order valence-corrected chi connectivity index (χ1v) is 12.4. The van der Waals surface area contributed by atoms with E-state index in [1.165, 1.54) is 22.7 Å².